The zero-order valence-corrected chi connectivity index (χ0v) is 13.5. The smallest absolute Gasteiger partial charge is 0.319 e. The molecule has 2 amide bonds. The van der Waals surface area contributed by atoms with Gasteiger partial charge in [0.05, 0.1) is 12.8 Å². The average Bonchev–Trinajstić information content (AvgIpc) is 2.63. The van der Waals surface area contributed by atoms with Crippen LogP contribution in [0, 0.1) is 0 Å². The first-order valence-corrected chi connectivity index (χ1v) is 7.82. The molecule has 0 aromatic heterocycles. The zero-order chi connectivity index (χ0) is 16.8. The molecule has 0 aliphatic carbocycles. The molecule has 0 atom stereocenters. The average molecular weight is 328 g/mol. The first kappa shape index (κ1) is 16.0. The van der Waals surface area contributed by atoms with E-state index in [0.29, 0.717) is 36.9 Å². The number of rotatable bonds is 5. The summed E-state index contributed by atoms with van der Waals surface area (Å²) >= 11 is 0. The lowest BCUT2D eigenvalue weighted by atomic mass is 10.1. The highest BCUT2D eigenvalue weighted by Gasteiger charge is 2.16. The summed E-state index contributed by atoms with van der Waals surface area (Å²) < 4.78 is 16.2. The fraction of sp³-hybridized carbons (Fsp3) is 0.278. The predicted molar refractivity (Wildman–Crippen MR) is 91.2 cm³/mol. The Kier molecular flexibility index (Phi) is 5.05. The van der Waals surface area contributed by atoms with E-state index in [2.05, 4.69) is 10.6 Å². The monoisotopic (exact) mass is 328 g/mol. The van der Waals surface area contributed by atoms with E-state index in [1.165, 1.54) is 0 Å². The Bertz CT molecular complexity index is 701. The molecule has 6 nitrogen and oxygen atoms in total. The number of nitrogens with one attached hydrogen (secondary N) is 2. The van der Waals surface area contributed by atoms with Gasteiger partial charge in [0, 0.05) is 6.54 Å². The number of anilines is 1. The van der Waals surface area contributed by atoms with Gasteiger partial charge in [0.25, 0.3) is 0 Å². The van der Waals surface area contributed by atoms with Gasteiger partial charge in [0.2, 0.25) is 0 Å². The van der Waals surface area contributed by atoms with Crippen LogP contribution in [0.3, 0.4) is 0 Å². The van der Waals surface area contributed by atoms with E-state index >= 15 is 0 Å². The number of carbonyl (C=O) groups excluding carboxylic acids is 1. The topological polar surface area (TPSA) is 68.8 Å². The number of fused-ring (bicyclic) bond motifs is 1. The third-order valence-electron chi connectivity index (χ3n) is 3.67. The molecule has 2 aromatic rings. The second-order valence-corrected chi connectivity index (χ2v) is 5.31. The molecule has 0 saturated heterocycles. The number of methoxy groups -OCH3 is 1. The van der Waals surface area contributed by atoms with Gasteiger partial charge in [-0.3, -0.25) is 0 Å². The molecule has 2 aromatic carbocycles. The molecule has 1 heterocycles. The maximum Gasteiger partial charge on any atom is 0.319 e. The van der Waals surface area contributed by atoms with Crippen LogP contribution in [0.15, 0.2) is 42.5 Å². The molecule has 0 fully saturated rings. The van der Waals surface area contributed by atoms with Crippen LogP contribution in [-0.2, 0) is 6.42 Å². The number of amides is 2. The standard InChI is InChI=1S/C18H20N2O4/c1-22-14-7-5-13(6-8-14)9-10-19-18(21)20-15-3-2-4-16-17(15)24-12-11-23-16/h2-8H,9-12H2,1H3,(H2,19,20,21). The molecule has 3 rings (SSSR count). The van der Waals surface area contributed by atoms with Crippen molar-refractivity contribution < 1.29 is 19.0 Å². The SMILES string of the molecule is COc1ccc(CCNC(=O)Nc2cccc3c2OCCO3)cc1. The number of urea groups is 1. The second-order valence-electron chi connectivity index (χ2n) is 5.31. The van der Waals surface area contributed by atoms with Crippen LogP contribution in [0.4, 0.5) is 10.5 Å². The molecule has 6 heteroatoms. The minimum absolute atomic E-state index is 0.272. The Morgan fingerprint density at radius 3 is 2.71 bits per heavy atom. The van der Waals surface area contributed by atoms with E-state index in [0.717, 1.165) is 17.7 Å². The lowest BCUT2D eigenvalue weighted by Gasteiger charge is -2.21. The second kappa shape index (κ2) is 7.59. The summed E-state index contributed by atoms with van der Waals surface area (Å²) in [4.78, 5) is 12.1. The fourth-order valence-corrected chi connectivity index (χ4v) is 2.45. The van der Waals surface area contributed by atoms with E-state index in [4.69, 9.17) is 14.2 Å². The maximum atomic E-state index is 12.1. The molecule has 0 unspecified atom stereocenters. The van der Waals surface area contributed by atoms with Crippen molar-refractivity contribution in [3.05, 3.63) is 48.0 Å². The van der Waals surface area contributed by atoms with Crippen molar-refractivity contribution in [2.45, 2.75) is 6.42 Å². The summed E-state index contributed by atoms with van der Waals surface area (Å²) in [6.07, 6.45) is 0.740. The van der Waals surface area contributed by atoms with E-state index < -0.39 is 0 Å². The highest BCUT2D eigenvalue weighted by Crippen LogP contribution is 2.37. The number of hydrogen-bond acceptors (Lipinski definition) is 4. The summed E-state index contributed by atoms with van der Waals surface area (Å²) in [6, 6.07) is 12.9. The molecule has 1 aliphatic rings. The molecule has 1 aliphatic heterocycles. The molecule has 0 spiro atoms. The number of benzene rings is 2. The summed E-state index contributed by atoms with van der Waals surface area (Å²) in [5, 5.41) is 5.64. The number of carbonyl (C=O) groups is 1. The van der Waals surface area contributed by atoms with E-state index in [1.807, 2.05) is 36.4 Å². The van der Waals surface area contributed by atoms with E-state index in [1.54, 1.807) is 13.2 Å². The van der Waals surface area contributed by atoms with Crippen LogP contribution >= 0.6 is 0 Å². The van der Waals surface area contributed by atoms with Crippen LogP contribution in [0.1, 0.15) is 5.56 Å². The van der Waals surface area contributed by atoms with Crippen molar-refractivity contribution in [1.29, 1.82) is 0 Å². The largest absolute Gasteiger partial charge is 0.497 e. The number of hydrogen-bond donors (Lipinski definition) is 2. The van der Waals surface area contributed by atoms with Gasteiger partial charge in [-0.2, -0.15) is 0 Å². The highest BCUT2D eigenvalue weighted by molar-refractivity contribution is 5.91. The first-order chi connectivity index (χ1) is 11.8. The molecule has 0 radical (unpaired) electrons. The molecule has 126 valence electrons. The van der Waals surface area contributed by atoms with Gasteiger partial charge in [-0.25, -0.2) is 4.79 Å². The van der Waals surface area contributed by atoms with Crippen LogP contribution in [0.2, 0.25) is 0 Å². The lowest BCUT2D eigenvalue weighted by molar-refractivity contribution is 0.172. The Labute approximate surface area is 140 Å². The molecule has 24 heavy (non-hydrogen) atoms. The van der Waals surface area contributed by atoms with Gasteiger partial charge in [0.1, 0.15) is 19.0 Å². The third kappa shape index (κ3) is 3.90. The minimum Gasteiger partial charge on any atom is -0.497 e. The van der Waals surface area contributed by atoms with E-state index in [9.17, 15) is 4.79 Å². The van der Waals surface area contributed by atoms with Crippen molar-refractivity contribution in [1.82, 2.24) is 5.32 Å². The van der Waals surface area contributed by atoms with Crippen molar-refractivity contribution in [3.63, 3.8) is 0 Å². The van der Waals surface area contributed by atoms with E-state index in [-0.39, 0.29) is 6.03 Å². The van der Waals surface area contributed by atoms with Gasteiger partial charge >= 0.3 is 6.03 Å². The summed E-state index contributed by atoms with van der Waals surface area (Å²) in [6.45, 7) is 1.53. The normalized spacial score (nSPS) is 12.4. The fourth-order valence-electron chi connectivity index (χ4n) is 2.45. The summed E-state index contributed by atoms with van der Waals surface area (Å²) in [7, 11) is 1.64. The maximum absolute atomic E-state index is 12.1. The van der Waals surface area contributed by atoms with Gasteiger partial charge < -0.3 is 24.8 Å². The number of ether oxygens (including phenoxy) is 3. The van der Waals surface area contributed by atoms with Gasteiger partial charge in [-0.15, -0.1) is 0 Å². The summed E-state index contributed by atoms with van der Waals surface area (Å²) in [5.74, 6) is 2.05. The quantitative estimate of drug-likeness (QED) is 0.885. The Hall–Kier alpha value is -2.89. The van der Waals surface area contributed by atoms with Crippen molar-refractivity contribution >= 4 is 11.7 Å². The van der Waals surface area contributed by atoms with Crippen molar-refractivity contribution in [2.24, 2.45) is 0 Å². The number of para-hydroxylation sites is 1. The minimum atomic E-state index is -0.272. The third-order valence-corrected chi connectivity index (χ3v) is 3.67. The van der Waals surface area contributed by atoms with Crippen LogP contribution in [0.25, 0.3) is 0 Å². The highest BCUT2D eigenvalue weighted by atomic mass is 16.6. The molecule has 0 saturated carbocycles. The van der Waals surface area contributed by atoms with Crippen LogP contribution in [0.5, 0.6) is 17.2 Å². The van der Waals surface area contributed by atoms with Crippen molar-refractivity contribution in [3.8, 4) is 17.2 Å². The Morgan fingerprint density at radius 1 is 1.12 bits per heavy atom. The van der Waals surface area contributed by atoms with Crippen LogP contribution in [-0.4, -0.2) is 32.9 Å². The summed E-state index contributed by atoms with van der Waals surface area (Å²) in [5.41, 5.74) is 1.74. The molecule has 0 bridgehead atoms. The van der Waals surface area contributed by atoms with Gasteiger partial charge in [-0.05, 0) is 36.2 Å². The van der Waals surface area contributed by atoms with Crippen LogP contribution < -0.4 is 24.8 Å². The van der Waals surface area contributed by atoms with Gasteiger partial charge in [0.15, 0.2) is 11.5 Å². The predicted octanol–water partition coefficient (Wildman–Crippen LogP) is 2.83. The molecule has 2 N–H and O–H groups in total. The first-order valence-electron chi connectivity index (χ1n) is 7.82. The Morgan fingerprint density at radius 2 is 1.92 bits per heavy atom. The molecular formula is C18H20N2O4. The lowest BCUT2D eigenvalue weighted by Crippen LogP contribution is -2.31. The Balaban J connectivity index is 1.51. The molecular weight excluding hydrogens is 308 g/mol. The van der Waals surface area contributed by atoms with Crippen molar-refractivity contribution in [2.75, 3.05) is 32.2 Å². The zero-order valence-electron chi connectivity index (χ0n) is 13.5. The van der Waals surface area contributed by atoms with Gasteiger partial charge in [-0.1, -0.05) is 18.2 Å².